The van der Waals surface area contributed by atoms with Crippen LogP contribution < -0.4 is 0 Å². The highest BCUT2D eigenvalue weighted by Gasteiger charge is 2.15. The lowest BCUT2D eigenvalue weighted by atomic mass is 10.1. The first-order chi connectivity index (χ1) is 12.0. The van der Waals surface area contributed by atoms with Gasteiger partial charge in [-0.2, -0.15) is 5.26 Å². The number of carbonyl (C=O) groups excluding carboxylic acids is 1. The van der Waals surface area contributed by atoms with Crippen molar-refractivity contribution < 1.29 is 23.8 Å². The summed E-state index contributed by atoms with van der Waals surface area (Å²) in [6, 6.07) is 9.45. The van der Waals surface area contributed by atoms with E-state index >= 15 is 0 Å². The maximum absolute atomic E-state index is 12.0. The van der Waals surface area contributed by atoms with Crippen molar-refractivity contribution >= 4 is 29.6 Å². The van der Waals surface area contributed by atoms with Crippen molar-refractivity contribution in [3.8, 4) is 17.4 Å². The van der Waals surface area contributed by atoms with E-state index in [1.165, 1.54) is 12.1 Å². The van der Waals surface area contributed by atoms with E-state index < -0.39 is 17.5 Å². The maximum Gasteiger partial charge on any atom is 0.346 e. The number of nitrogens with zero attached hydrogens (tertiary/aromatic N) is 1. The first-order valence-corrected chi connectivity index (χ1v) is 7.76. The number of carboxylic acids is 1. The zero-order chi connectivity index (χ0) is 18.4. The molecule has 0 unspecified atom stereocenters. The molecule has 0 aliphatic carbocycles. The molecule has 0 amide bonds. The number of aliphatic carboxylic acids is 1. The molecule has 0 saturated heterocycles. The minimum atomic E-state index is -1.34. The van der Waals surface area contributed by atoms with Crippen molar-refractivity contribution in [3.05, 3.63) is 52.3 Å². The average molecular weight is 360 g/mol. The highest BCUT2D eigenvalue weighted by Crippen LogP contribution is 2.28. The Morgan fingerprint density at radius 3 is 2.76 bits per heavy atom. The summed E-state index contributed by atoms with van der Waals surface area (Å²) in [6.07, 6.45) is 1.82. The van der Waals surface area contributed by atoms with Gasteiger partial charge >= 0.3 is 11.9 Å². The van der Waals surface area contributed by atoms with E-state index in [9.17, 15) is 9.59 Å². The first kappa shape index (κ1) is 18.3. The lowest BCUT2D eigenvalue weighted by Crippen LogP contribution is -2.06. The number of furan rings is 1. The zero-order valence-corrected chi connectivity index (χ0v) is 14.0. The van der Waals surface area contributed by atoms with Gasteiger partial charge in [0.05, 0.1) is 17.2 Å². The molecule has 128 valence electrons. The van der Waals surface area contributed by atoms with Gasteiger partial charge in [0.25, 0.3) is 0 Å². The number of esters is 1. The van der Waals surface area contributed by atoms with Crippen molar-refractivity contribution in [3.63, 3.8) is 0 Å². The molecule has 25 heavy (non-hydrogen) atoms. The quantitative estimate of drug-likeness (QED) is 0.472. The number of halogens is 1. The standard InChI is InChI=1S/C18H14ClNO5/c1-2-7-24-18(23)14-9-11(3-5-15(14)19)16-6-4-13(25-16)8-12(10-20)17(21)22/h3-6,8-9H,2,7H2,1H3,(H,21,22)/b12-8+. The van der Waals surface area contributed by atoms with Crippen LogP contribution in [0.2, 0.25) is 5.02 Å². The molecule has 2 aromatic rings. The summed E-state index contributed by atoms with van der Waals surface area (Å²) >= 11 is 6.04. The van der Waals surface area contributed by atoms with E-state index in [-0.39, 0.29) is 16.3 Å². The Balaban J connectivity index is 2.33. The van der Waals surface area contributed by atoms with Gasteiger partial charge in [0.1, 0.15) is 23.2 Å². The van der Waals surface area contributed by atoms with Crippen LogP contribution in [0, 0.1) is 11.3 Å². The minimum Gasteiger partial charge on any atom is -0.477 e. The number of hydrogen-bond donors (Lipinski definition) is 1. The lowest BCUT2D eigenvalue weighted by molar-refractivity contribution is -0.132. The van der Waals surface area contributed by atoms with Gasteiger partial charge in [0.15, 0.2) is 0 Å². The third-order valence-corrected chi connectivity index (χ3v) is 3.50. The Morgan fingerprint density at radius 2 is 2.12 bits per heavy atom. The highest BCUT2D eigenvalue weighted by atomic mass is 35.5. The van der Waals surface area contributed by atoms with Crippen molar-refractivity contribution in [2.45, 2.75) is 13.3 Å². The predicted octanol–water partition coefficient (Wildman–Crippen LogP) is 4.16. The van der Waals surface area contributed by atoms with E-state index in [1.807, 2.05) is 6.92 Å². The Morgan fingerprint density at radius 1 is 1.36 bits per heavy atom. The van der Waals surface area contributed by atoms with Crippen LogP contribution in [0.15, 0.2) is 40.3 Å². The number of benzene rings is 1. The molecule has 0 bridgehead atoms. The van der Waals surface area contributed by atoms with Gasteiger partial charge in [-0.1, -0.05) is 18.5 Å². The fraction of sp³-hybridized carbons (Fsp3) is 0.167. The van der Waals surface area contributed by atoms with Gasteiger partial charge in [-0.15, -0.1) is 0 Å². The third kappa shape index (κ3) is 4.49. The second-order valence-corrected chi connectivity index (χ2v) is 5.41. The van der Waals surface area contributed by atoms with Crippen LogP contribution in [0.25, 0.3) is 17.4 Å². The molecule has 1 heterocycles. The second-order valence-electron chi connectivity index (χ2n) is 5.01. The number of nitriles is 1. The minimum absolute atomic E-state index is 0.207. The SMILES string of the molecule is CCCOC(=O)c1cc(-c2ccc(/C=C(\C#N)C(=O)O)o2)ccc1Cl. The Kier molecular flexibility index (Phi) is 5.98. The first-order valence-electron chi connectivity index (χ1n) is 7.38. The smallest absolute Gasteiger partial charge is 0.346 e. The van der Waals surface area contributed by atoms with Crippen LogP contribution >= 0.6 is 11.6 Å². The molecule has 1 N–H and O–H groups in total. The fourth-order valence-electron chi connectivity index (χ4n) is 1.98. The fourth-order valence-corrected chi connectivity index (χ4v) is 2.17. The molecule has 0 atom stereocenters. The molecular weight excluding hydrogens is 346 g/mol. The van der Waals surface area contributed by atoms with Crippen molar-refractivity contribution in [1.29, 1.82) is 5.26 Å². The van der Waals surface area contributed by atoms with Crippen LogP contribution in [-0.4, -0.2) is 23.7 Å². The van der Waals surface area contributed by atoms with Crippen LogP contribution in [0.1, 0.15) is 29.5 Å². The van der Waals surface area contributed by atoms with Gasteiger partial charge in [-0.25, -0.2) is 9.59 Å². The Hall–Kier alpha value is -3.04. The van der Waals surface area contributed by atoms with E-state index in [4.69, 9.17) is 31.1 Å². The normalized spacial score (nSPS) is 11.0. The van der Waals surface area contributed by atoms with Crippen LogP contribution in [0.5, 0.6) is 0 Å². The largest absolute Gasteiger partial charge is 0.477 e. The molecule has 0 saturated carbocycles. The summed E-state index contributed by atoms with van der Waals surface area (Å²) < 4.78 is 10.6. The molecule has 0 fully saturated rings. The predicted molar refractivity (Wildman–Crippen MR) is 91.0 cm³/mol. The number of carboxylic acid groups (broad SMARTS) is 1. The van der Waals surface area contributed by atoms with Crippen LogP contribution in [-0.2, 0) is 9.53 Å². The molecule has 6 nitrogen and oxygen atoms in total. The van der Waals surface area contributed by atoms with Crippen molar-refractivity contribution in [1.82, 2.24) is 0 Å². The topological polar surface area (TPSA) is 101 Å². The molecule has 0 spiro atoms. The summed E-state index contributed by atoms with van der Waals surface area (Å²) in [5.74, 6) is -1.26. The van der Waals surface area contributed by atoms with Crippen LogP contribution in [0.3, 0.4) is 0 Å². The third-order valence-electron chi connectivity index (χ3n) is 3.17. The monoisotopic (exact) mass is 359 g/mol. The molecular formula is C18H14ClNO5. The lowest BCUT2D eigenvalue weighted by Gasteiger charge is -2.06. The maximum atomic E-state index is 12.0. The number of rotatable bonds is 6. The summed E-state index contributed by atoms with van der Waals surface area (Å²) in [4.78, 5) is 22.9. The van der Waals surface area contributed by atoms with Gasteiger partial charge in [-0.3, -0.25) is 0 Å². The molecule has 1 aromatic heterocycles. The molecule has 0 radical (unpaired) electrons. The number of hydrogen-bond acceptors (Lipinski definition) is 5. The highest BCUT2D eigenvalue weighted by molar-refractivity contribution is 6.33. The summed E-state index contributed by atoms with van der Waals surface area (Å²) in [7, 11) is 0. The molecule has 1 aromatic carbocycles. The van der Waals surface area contributed by atoms with Gasteiger partial charge < -0.3 is 14.3 Å². The Bertz CT molecular complexity index is 876. The van der Waals surface area contributed by atoms with Crippen molar-refractivity contribution in [2.75, 3.05) is 6.61 Å². The summed E-state index contributed by atoms with van der Waals surface area (Å²) in [5.41, 5.74) is 0.339. The molecule has 0 aliphatic heterocycles. The van der Waals surface area contributed by atoms with Gasteiger partial charge in [0, 0.05) is 11.6 Å². The zero-order valence-electron chi connectivity index (χ0n) is 13.3. The number of ether oxygens (including phenoxy) is 1. The molecule has 0 aliphatic rings. The summed E-state index contributed by atoms with van der Waals surface area (Å²) in [6.45, 7) is 2.18. The molecule has 2 rings (SSSR count). The van der Waals surface area contributed by atoms with Gasteiger partial charge in [-0.05, 0) is 36.8 Å². The number of carbonyl (C=O) groups is 2. The Labute approximate surface area is 148 Å². The van der Waals surface area contributed by atoms with E-state index in [0.717, 1.165) is 6.08 Å². The molecule has 7 heteroatoms. The van der Waals surface area contributed by atoms with E-state index in [1.54, 1.807) is 24.3 Å². The van der Waals surface area contributed by atoms with E-state index in [0.29, 0.717) is 24.4 Å². The van der Waals surface area contributed by atoms with Crippen LogP contribution in [0.4, 0.5) is 0 Å². The van der Waals surface area contributed by atoms with Gasteiger partial charge in [0.2, 0.25) is 0 Å². The van der Waals surface area contributed by atoms with Crippen molar-refractivity contribution in [2.24, 2.45) is 0 Å². The summed E-state index contributed by atoms with van der Waals surface area (Å²) in [5, 5.41) is 17.9. The second kappa shape index (κ2) is 8.18. The van der Waals surface area contributed by atoms with E-state index in [2.05, 4.69) is 0 Å². The average Bonchev–Trinajstić information content (AvgIpc) is 3.06.